The van der Waals surface area contributed by atoms with E-state index in [4.69, 9.17) is 26.6 Å². The number of carbonyl (C=O) groups is 2. The number of allylic oxidation sites excluding steroid dienone is 2. The normalized spacial score (nSPS) is 12.9. The van der Waals surface area contributed by atoms with Gasteiger partial charge in [0.1, 0.15) is 0 Å². The third-order valence-electron chi connectivity index (χ3n) is 5.91. The van der Waals surface area contributed by atoms with Crippen molar-refractivity contribution >= 4 is 30.9 Å². The molecule has 1 amide bonds. The zero-order valence-electron chi connectivity index (χ0n) is 25.2. The Hall–Kier alpha value is -3.16. The van der Waals surface area contributed by atoms with Crippen LogP contribution in [0.1, 0.15) is 81.6 Å². The van der Waals surface area contributed by atoms with Gasteiger partial charge in [0.2, 0.25) is 12.3 Å². The molecule has 0 aliphatic heterocycles. The number of rotatable bonds is 10. The van der Waals surface area contributed by atoms with Crippen molar-refractivity contribution in [3.8, 4) is 6.07 Å². The van der Waals surface area contributed by atoms with E-state index in [2.05, 4.69) is 45.2 Å². The molecule has 0 heterocycles. The summed E-state index contributed by atoms with van der Waals surface area (Å²) in [6.45, 7) is 18.8. The fourth-order valence-electron chi connectivity index (χ4n) is 2.81. The van der Waals surface area contributed by atoms with Crippen LogP contribution in [0.3, 0.4) is 0 Å². The standard InChI is InChI=1S/C13H27NO2S.C8H11N3O2.C6H7N.C2H6/c1-6-8-13(5,12(2,3)4)11(15)16-10-7-9-14-17;1-5(3-9)6(2)7(10)8(13)11-4-12;7-6-4-2-1-3-5-6;1-2/h14,17H,6-10H2,1-5H3;4,13H,10H2,1-2H3,(H,11,12);1-5H,7H2;1-2H3/b;6-5+,8-7-;;. The topological polar surface area (TPSA) is 163 Å². The van der Waals surface area contributed by atoms with Gasteiger partial charge in [0, 0.05) is 17.8 Å². The van der Waals surface area contributed by atoms with Crippen LogP contribution < -0.4 is 21.5 Å². The van der Waals surface area contributed by atoms with E-state index >= 15 is 0 Å². The van der Waals surface area contributed by atoms with Crippen LogP contribution in [0.4, 0.5) is 5.69 Å². The molecule has 39 heavy (non-hydrogen) atoms. The first-order chi connectivity index (χ1) is 18.2. The lowest BCUT2D eigenvalue weighted by atomic mass is 9.65. The molecule has 1 aromatic rings. The van der Waals surface area contributed by atoms with Crippen molar-refractivity contribution in [2.75, 3.05) is 18.9 Å². The highest BCUT2D eigenvalue weighted by molar-refractivity contribution is 7.78. The zero-order chi connectivity index (χ0) is 31.1. The van der Waals surface area contributed by atoms with Gasteiger partial charge in [0.05, 0.1) is 23.8 Å². The molecule has 0 bridgehead atoms. The number of nitrogens with two attached hydrogens (primary N) is 2. The van der Waals surface area contributed by atoms with Crippen LogP contribution in [0.2, 0.25) is 0 Å². The Balaban J connectivity index is -0.000000516. The van der Waals surface area contributed by atoms with E-state index in [-0.39, 0.29) is 17.1 Å². The molecule has 0 saturated heterocycles. The van der Waals surface area contributed by atoms with Crippen LogP contribution in [0.5, 0.6) is 0 Å². The number of para-hydroxylation sites is 1. The first kappa shape index (κ1) is 40.3. The third kappa shape index (κ3) is 17.1. The summed E-state index contributed by atoms with van der Waals surface area (Å²) in [4.78, 5) is 22.1. The molecule has 0 radical (unpaired) electrons. The number of nitrogen functional groups attached to an aromatic ring is 1. The Morgan fingerprint density at radius 3 is 2.08 bits per heavy atom. The fraction of sp³-hybridized carbons (Fsp3) is 0.552. The maximum Gasteiger partial charge on any atom is 0.312 e. The minimum Gasteiger partial charge on any atom is -0.493 e. The molecule has 10 heteroatoms. The Bertz CT molecular complexity index is 922. The van der Waals surface area contributed by atoms with Crippen molar-refractivity contribution in [2.24, 2.45) is 16.6 Å². The van der Waals surface area contributed by atoms with E-state index in [0.717, 1.165) is 31.5 Å². The van der Waals surface area contributed by atoms with Crippen LogP contribution in [0.25, 0.3) is 0 Å². The summed E-state index contributed by atoms with van der Waals surface area (Å²) in [6.07, 6.45) is 2.94. The highest BCUT2D eigenvalue weighted by Gasteiger charge is 2.44. The molecular weight excluding hydrogens is 514 g/mol. The van der Waals surface area contributed by atoms with Crippen molar-refractivity contribution in [1.82, 2.24) is 10.0 Å². The largest absolute Gasteiger partial charge is 0.493 e. The molecule has 1 aromatic carbocycles. The molecule has 0 fully saturated rings. The van der Waals surface area contributed by atoms with Crippen LogP contribution >= 0.6 is 12.8 Å². The first-order valence-corrected chi connectivity index (χ1v) is 13.5. The van der Waals surface area contributed by atoms with E-state index in [0.29, 0.717) is 24.2 Å². The van der Waals surface area contributed by atoms with Crippen LogP contribution in [-0.4, -0.2) is 30.6 Å². The predicted octanol–water partition coefficient (Wildman–Crippen LogP) is 5.78. The molecule has 0 aliphatic carbocycles. The average molecular weight is 566 g/mol. The van der Waals surface area contributed by atoms with Crippen LogP contribution in [0.15, 0.2) is 53.1 Å². The average Bonchev–Trinajstić information content (AvgIpc) is 2.91. The van der Waals surface area contributed by atoms with Gasteiger partial charge in [-0.2, -0.15) is 5.26 Å². The molecule has 0 aromatic heterocycles. The van der Waals surface area contributed by atoms with Gasteiger partial charge in [-0.3, -0.25) is 19.6 Å². The van der Waals surface area contributed by atoms with Crippen molar-refractivity contribution in [1.29, 1.82) is 5.26 Å². The number of amides is 1. The smallest absolute Gasteiger partial charge is 0.312 e. The molecule has 1 atom stereocenters. The number of hydrogen-bond acceptors (Lipinski definition) is 9. The monoisotopic (exact) mass is 565 g/mol. The summed E-state index contributed by atoms with van der Waals surface area (Å²) in [5.41, 5.74) is 11.9. The molecule has 7 N–H and O–H groups in total. The van der Waals surface area contributed by atoms with Gasteiger partial charge in [0.15, 0.2) is 0 Å². The minimum absolute atomic E-state index is 0.00819. The number of ether oxygens (including phenoxy) is 1. The lowest BCUT2D eigenvalue weighted by Crippen LogP contribution is -2.41. The quantitative estimate of drug-likeness (QED) is 0.0304. The number of benzene rings is 1. The molecule has 0 saturated carbocycles. The second-order valence-corrected chi connectivity index (χ2v) is 9.84. The maximum atomic E-state index is 12.2. The molecular formula is C29H51N5O4S. The summed E-state index contributed by atoms with van der Waals surface area (Å²) in [7, 11) is 0. The lowest BCUT2D eigenvalue weighted by molar-refractivity contribution is -0.162. The van der Waals surface area contributed by atoms with Crippen molar-refractivity contribution in [3.05, 3.63) is 53.1 Å². The van der Waals surface area contributed by atoms with Gasteiger partial charge < -0.3 is 21.3 Å². The van der Waals surface area contributed by atoms with E-state index in [9.17, 15) is 9.59 Å². The molecule has 1 rings (SSSR count). The summed E-state index contributed by atoms with van der Waals surface area (Å²) in [6, 6.07) is 11.4. The fourth-order valence-corrected chi connectivity index (χ4v) is 2.97. The zero-order valence-corrected chi connectivity index (χ0v) is 26.1. The summed E-state index contributed by atoms with van der Waals surface area (Å²) >= 11 is 3.89. The SMILES string of the molecule is C/C(C#N)=C(C)\C(N)=C(\O)NC=O.CC.CCCC(C)(C(=O)OCCCNS)C(C)(C)C.Nc1ccccc1. The highest BCUT2D eigenvalue weighted by Crippen LogP contribution is 2.43. The van der Waals surface area contributed by atoms with Crippen molar-refractivity contribution in [2.45, 2.75) is 81.6 Å². The summed E-state index contributed by atoms with van der Waals surface area (Å²) < 4.78 is 8.11. The molecule has 9 nitrogen and oxygen atoms in total. The second kappa shape index (κ2) is 22.8. The number of aliphatic hydroxyl groups is 1. The van der Waals surface area contributed by atoms with Gasteiger partial charge in [-0.25, -0.2) is 0 Å². The Labute approximate surface area is 241 Å². The van der Waals surface area contributed by atoms with Gasteiger partial charge in [0.25, 0.3) is 0 Å². The molecule has 0 aliphatic rings. The van der Waals surface area contributed by atoms with Gasteiger partial charge >= 0.3 is 5.97 Å². The van der Waals surface area contributed by atoms with E-state index in [1.54, 1.807) is 13.8 Å². The van der Waals surface area contributed by atoms with E-state index in [1.807, 2.05) is 62.5 Å². The number of carbonyl (C=O) groups excluding carboxylic acids is 2. The third-order valence-corrected chi connectivity index (χ3v) is 6.13. The number of anilines is 1. The number of nitrogens with one attached hydrogen (secondary N) is 2. The van der Waals surface area contributed by atoms with Crippen LogP contribution in [-0.2, 0) is 14.3 Å². The summed E-state index contributed by atoms with van der Waals surface area (Å²) in [5.74, 6) is -0.520. The number of thiol groups is 1. The number of esters is 1. The predicted molar refractivity (Wildman–Crippen MR) is 164 cm³/mol. The van der Waals surface area contributed by atoms with E-state index < -0.39 is 11.3 Å². The van der Waals surface area contributed by atoms with Crippen molar-refractivity contribution < 1.29 is 19.4 Å². The number of hydrogen-bond donors (Lipinski definition) is 6. The number of aliphatic hydroxyl groups excluding tert-OH is 1. The lowest BCUT2D eigenvalue weighted by Gasteiger charge is -2.39. The van der Waals surface area contributed by atoms with Crippen molar-refractivity contribution in [3.63, 3.8) is 0 Å². The minimum atomic E-state index is -0.442. The van der Waals surface area contributed by atoms with Gasteiger partial charge in [-0.05, 0) is 56.7 Å². The van der Waals surface area contributed by atoms with Gasteiger partial charge in [-0.1, -0.05) is 79.0 Å². The van der Waals surface area contributed by atoms with Gasteiger partial charge in [-0.15, -0.1) is 0 Å². The highest BCUT2D eigenvalue weighted by atomic mass is 32.1. The Morgan fingerprint density at radius 1 is 1.18 bits per heavy atom. The molecule has 1 unspecified atom stereocenters. The summed E-state index contributed by atoms with van der Waals surface area (Å²) in [5, 5.41) is 19.6. The first-order valence-electron chi connectivity index (χ1n) is 13.0. The Kier molecular flexibility index (Phi) is 23.6. The number of nitriles is 1. The second-order valence-electron chi connectivity index (χ2n) is 9.53. The Morgan fingerprint density at radius 2 is 1.72 bits per heavy atom. The molecule has 222 valence electrons. The molecule has 0 spiro atoms. The maximum absolute atomic E-state index is 12.2. The van der Waals surface area contributed by atoms with E-state index in [1.165, 1.54) is 0 Å². The van der Waals surface area contributed by atoms with Crippen LogP contribution in [0, 0.1) is 22.2 Å². The number of nitrogens with zero attached hydrogens (tertiary/aromatic N) is 1.